The largest absolute Gasteiger partial charge is 0.308 e. The van der Waals surface area contributed by atoms with Crippen molar-refractivity contribution in [3.05, 3.63) is 64.1 Å². The number of fused-ring (bicyclic) bond motifs is 1. The minimum absolute atomic E-state index is 0.119. The molecule has 0 N–H and O–H groups in total. The topological polar surface area (TPSA) is 57.7 Å². The van der Waals surface area contributed by atoms with Gasteiger partial charge in [0.15, 0.2) is 0 Å². The predicted octanol–water partition coefficient (Wildman–Crippen LogP) is 3.30. The average Bonchev–Trinajstić information content (AvgIpc) is 3.03. The van der Waals surface area contributed by atoms with Crippen LogP contribution in [0.4, 0.5) is 5.69 Å². The molecule has 0 spiro atoms. The van der Waals surface area contributed by atoms with Crippen molar-refractivity contribution in [1.82, 2.24) is 4.31 Å². The molecule has 0 aliphatic carbocycles. The van der Waals surface area contributed by atoms with Gasteiger partial charge in [-0.25, -0.2) is 12.7 Å². The van der Waals surface area contributed by atoms with Crippen LogP contribution in [0, 0.1) is 0 Å². The van der Waals surface area contributed by atoms with Crippen LogP contribution < -0.4 is 4.90 Å². The van der Waals surface area contributed by atoms with E-state index in [1.165, 1.54) is 18.4 Å². The third kappa shape index (κ3) is 3.75. The van der Waals surface area contributed by atoms with E-state index in [4.69, 9.17) is 0 Å². The van der Waals surface area contributed by atoms with Crippen molar-refractivity contribution in [1.29, 1.82) is 0 Å². The van der Waals surface area contributed by atoms with Gasteiger partial charge in [-0.05, 0) is 54.0 Å². The fourth-order valence-corrected chi connectivity index (χ4v) is 4.22. The van der Waals surface area contributed by atoms with Crippen molar-refractivity contribution in [2.75, 3.05) is 25.5 Å². The molecule has 0 aromatic heterocycles. The van der Waals surface area contributed by atoms with Gasteiger partial charge in [0, 0.05) is 36.9 Å². The van der Waals surface area contributed by atoms with E-state index in [1.807, 2.05) is 24.3 Å². The third-order valence-electron chi connectivity index (χ3n) is 4.26. The summed E-state index contributed by atoms with van der Waals surface area (Å²) in [5, 5.41) is 0. The lowest BCUT2D eigenvalue weighted by Crippen LogP contribution is -2.27. The van der Waals surface area contributed by atoms with Crippen molar-refractivity contribution in [3.63, 3.8) is 0 Å². The van der Waals surface area contributed by atoms with Gasteiger partial charge in [0.25, 0.3) is 5.91 Å². The van der Waals surface area contributed by atoms with Gasteiger partial charge >= 0.3 is 0 Å². The SMILES string of the molecule is CN(C)S(=O)(=O)c1ccc2c(c1)CCN2C(=O)/C=C/c1cccc(Br)c1. The summed E-state index contributed by atoms with van der Waals surface area (Å²) in [7, 11) is -0.465. The van der Waals surface area contributed by atoms with E-state index in [0.29, 0.717) is 13.0 Å². The predicted molar refractivity (Wildman–Crippen MR) is 107 cm³/mol. The Morgan fingerprint density at radius 1 is 1.19 bits per heavy atom. The lowest BCUT2D eigenvalue weighted by atomic mass is 10.2. The first-order chi connectivity index (χ1) is 12.3. The molecule has 1 aliphatic rings. The molecule has 1 aliphatic heterocycles. The molecule has 0 saturated carbocycles. The number of benzene rings is 2. The minimum atomic E-state index is -3.48. The number of hydrogen-bond acceptors (Lipinski definition) is 3. The lowest BCUT2D eigenvalue weighted by Gasteiger charge is -2.16. The lowest BCUT2D eigenvalue weighted by molar-refractivity contribution is -0.114. The second-order valence-electron chi connectivity index (χ2n) is 6.21. The molecule has 0 fully saturated rings. The van der Waals surface area contributed by atoms with Crippen molar-refractivity contribution in [2.24, 2.45) is 0 Å². The number of nitrogens with zero attached hydrogens (tertiary/aromatic N) is 2. The van der Waals surface area contributed by atoms with Gasteiger partial charge in [0.1, 0.15) is 0 Å². The Hall–Kier alpha value is -1.96. The average molecular weight is 435 g/mol. The van der Waals surface area contributed by atoms with Crippen LogP contribution in [0.15, 0.2) is 57.9 Å². The number of amides is 1. The Balaban J connectivity index is 1.82. The molecule has 0 radical (unpaired) electrons. The summed E-state index contributed by atoms with van der Waals surface area (Å²) >= 11 is 3.41. The second kappa shape index (κ2) is 7.34. The van der Waals surface area contributed by atoms with E-state index in [2.05, 4.69) is 15.9 Å². The molecule has 1 heterocycles. The van der Waals surface area contributed by atoms with E-state index in [-0.39, 0.29) is 10.8 Å². The second-order valence-corrected chi connectivity index (χ2v) is 9.27. The highest BCUT2D eigenvalue weighted by Gasteiger charge is 2.26. The van der Waals surface area contributed by atoms with Crippen molar-refractivity contribution < 1.29 is 13.2 Å². The Labute approximate surface area is 162 Å². The Bertz CT molecular complexity index is 984. The summed E-state index contributed by atoms with van der Waals surface area (Å²) in [5.74, 6) is -0.119. The number of carbonyl (C=O) groups is 1. The Morgan fingerprint density at radius 2 is 1.96 bits per heavy atom. The van der Waals surface area contributed by atoms with Crippen molar-refractivity contribution >= 4 is 43.6 Å². The summed E-state index contributed by atoms with van der Waals surface area (Å²) in [6.07, 6.45) is 3.96. The Kier molecular flexibility index (Phi) is 5.32. The molecular weight excluding hydrogens is 416 g/mol. The standard InChI is InChI=1S/C19H19BrN2O3S/c1-21(2)26(24,25)17-7-8-18-15(13-17)10-11-22(18)19(23)9-6-14-4-3-5-16(20)12-14/h3-9,12-13H,10-11H2,1-2H3/b9-6+. The molecule has 0 bridgehead atoms. The summed E-state index contributed by atoms with van der Waals surface area (Å²) in [6, 6.07) is 12.6. The molecule has 3 rings (SSSR count). The highest BCUT2D eigenvalue weighted by molar-refractivity contribution is 9.10. The molecule has 0 unspecified atom stereocenters. The van der Waals surface area contributed by atoms with Crippen LogP contribution >= 0.6 is 15.9 Å². The summed E-state index contributed by atoms with van der Waals surface area (Å²) < 4.78 is 26.7. The maximum Gasteiger partial charge on any atom is 0.251 e. The number of carbonyl (C=O) groups excluding carboxylic acids is 1. The zero-order chi connectivity index (χ0) is 18.9. The van der Waals surface area contributed by atoms with Crippen molar-refractivity contribution in [3.8, 4) is 0 Å². The van der Waals surface area contributed by atoms with E-state index in [0.717, 1.165) is 21.3 Å². The van der Waals surface area contributed by atoms with E-state index >= 15 is 0 Å². The summed E-state index contributed by atoms with van der Waals surface area (Å²) in [6.45, 7) is 0.544. The third-order valence-corrected chi connectivity index (χ3v) is 6.56. The molecule has 1 amide bonds. The van der Waals surface area contributed by atoms with Crippen LogP contribution in [-0.4, -0.2) is 39.3 Å². The number of halogens is 1. The van der Waals surface area contributed by atoms with Gasteiger partial charge < -0.3 is 4.90 Å². The van der Waals surface area contributed by atoms with Crippen LogP contribution in [0.1, 0.15) is 11.1 Å². The van der Waals surface area contributed by atoms with Gasteiger partial charge in [-0.1, -0.05) is 28.1 Å². The highest BCUT2D eigenvalue weighted by atomic mass is 79.9. The first-order valence-corrected chi connectivity index (χ1v) is 10.3. The maximum absolute atomic E-state index is 12.6. The van der Waals surface area contributed by atoms with E-state index in [9.17, 15) is 13.2 Å². The van der Waals surface area contributed by atoms with Crippen LogP contribution in [0.3, 0.4) is 0 Å². The molecule has 0 atom stereocenters. The van der Waals surface area contributed by atoms with Crippen LogP contribution in [-0.2, 0) is 21.2 Å². The first kappa shape index (κ1) is 18.8. The number of anilines is 1. The molecule has 7 heteroatoms. The first-order valence-electron chi connectivity index (χ1n) is 8.09. The zero-order valence-electron chi connectivity index (χ0n) is 14.5. The quantitative estimate of drug-likeness (QED) is 0.693. The normalized spacial score (nSPS) is 14.2. The summed E-state index contributed by atoms with van der Waals surface area (Å²) in [5.41, 5.74) is 2.57. The van der Waals surface area contributed by atoms with Crippen molar-refractivity contribution in [2.45, 2.75) is 11.3 Å². The number of hydrogen-bond donors (Lipinski definition) is 0. The fraction of sp³-hybridized carbons (Fsp3) is 0.211. The molecule has 26 heavy (non-hydrogen) atoms. The van der Waals surface area contributed by atoms with Crippen LogP contribution in [0.2, 0.25) is 0 Å². The van der Waals surface area contributed by atoms with Gasteiger partial charge in [-0.15, -0.1) is 0 Å². The molecular formula is C19H19BrN2O3S. The number of rotatable bonds is 4. The van der Waals surface area contributed by atoms with Crippen LogP contribution in [0.5, 0.6) is 0 Å². The van der Waals surface area contributed by atoms with Gasteiger partial charge in [-0.3, -0.25) is 4.79 Å². The molecule has 2 aromatic carbocycles. The molecule has 136 valence electrons. The fourth-order valence-electron chi connectivity index (χ4n) is 2.85. The highest BCUT2D eigenvalue weighted by Crippen LogP contribution is 2.31. The summed E-state index contributed by atoms with van der Waals surface area (Å²) in [4.78, 5) is 14.5. The molecule has 5 nitrogen and oxygen atoms in total. The van der Waals surface area contributed by atoms with E-state index in [1.54, 1.807) is 35.3 Å². The zero-order valence-corrected chi connectivity index (χ0v) is 16.9. The van der Waals surface area contributed by atoms with Gasteiger partial charge in [-0.2, -0.15) is 0 Å². The van der Waals surface area contributed by atoms with E-state index < -0.39 is 10.0 Å². The smallest absolute Gasteiger partial charge is 0.251 e. The molecule has 2 aromatic rings. The maximum atomic E-state index is 12.6. The monoisotopic (exact) mass is 434 g/mol. The number of sulfonamides is 1. The van der Waals surface area contributed by atoms with Crippen LogP contribution in [0.25, 0.3) is 6.08 Å². The van der Waals surface area contributed by atoms with Gasteiger partial charge in [0.2, 0.25) is 10.0 Å². The minimum Gasteiger partial charge on any atom is -0.308 e. The molecule has 0 saturated heterocycles. The van der Waals surface area contributed by atoms with Gasteiger partial charge in [0.05, 0.1) is 4.90 Å². The Morgan fingerprint density at radius 3 is 2.65 bits per heavy atom.